The molecule has 1 aromatic heterocycles. The summed E-state index contributed by atoms with van der Waals surface area (Å²) < 4.78 is 75.6. The van der Waals surface area contributed by atoms with Crippen LogP contribution in [0.25, 0.3) is 5.69 Å². The third-order valence-corrected chi connectivity index (χ3v) is 10.1. The molecule has 9 nitrogen and oxygen atoms in total. The molecule has 4 atom stereocenters. The van der Waals surface area contributed by atoms with Crippen LogP contribution in [0.4, 0.5) is 27.6 Å². The number of para-hydroxylation sites is 1. The lowest BCUT2D eigenvalue weighted by Crippen LogP contribution is -2.59. The van der Waals surface area contributed by atoms with Crippen LogP contribution < -0.4 is 16.3 Å². The molecular formula is C30H17Cl2F5N4O5. The highest BCUT2D eigenvalue weighted by atomic mass is 35.5. The Morgan fingerprint density at radius 1 is 0.783 bits per heavy atom. The number of halogens is 7. The van der Waals surface area contributed by atoms with Gasteiger partial charge in [0.1, 0.15) is 11.4 Å². The summed E-state index contributed by atoms with van der Waals surface area (Å²) in [6, 6.07) is 11.8. The first-order valence-corrected chi connectivity index (χ1v) is 14.3. The van der Waals surface area contributed by atoms with E-state index in [1.807, 2.05) is 0 Å². The van der Waals surface area contributed by atoms with E-state index >= 15 is 8.78 Å². The summed E-state index contributed by atoms with van der Waals surface area (Å²) in [7, 11) is 0. The number of alkyl halides is 2. The molecule has 7 rings (SSSR count). The number of aromatic nitrogens is 3. The first-order chi connectivity index (χ1) is 21.8. The van der Waals surface area contributed by atoms with Crippen molar-refractivity contribution in [2.75, 3.05) is 4.90 Å². The van der Waals surface area contributed by atoms with E-state index in [9.17, 15) is 37.5 Å². The van der Waals surface area contributed by atoms with Crippen molar-refractivity contribution in [3.05, 3.63) is 122 Å². The van der Waals surface area contributed by atoms with Crippen LogP contribution in [-0.2, 0) is 16.1 Å². The number of fused-ring (bicyclic) bond motifs is 4. The second kappa shape index (κ2) is 9.90. The van der Waals surface area contributed by atoms with Crippen molar-refractivity contribution in [1.29, 1.82) is 0 Å². The average Bonchev–Trinajstić information content (AvgIpc) is 3.38. The van der Waals surface area contributed by atoms with Gasteiger partial charge in [0.05, 0.1) is 18.3 Å². The van der Waals surface area contributed by atoms with Gasteiger partial charge in [-0.3, -0.25) is 9.59 Å². The second-order valence-corrected chi connectivity index (χ2v) is 12.2. The smallest absolute Gasteiger partial charge is 0.352 e. The molecule has 3 heterocycles. The molecule has 16 heteroatoms. The zero-order valence-electron chi connectivity index (χ0n) is 22.9. The Bertz CT molecular complexity index is 2160. The standard InChI is InChI=1S/C30H17Cl2F5N4O5/c31-29-12-17-16(9-10-38-27(45)39(28(46)41(17)38)14-6-2-1-3-7-14)18(13-5-4-8-15(42)11-13)30(29,32)26(44)40(25(29)43)24-22(36)20(34)19(33)21(35)23(24)37/h1-9,11,17-18,42H,10,12H2/t17-,18+,29-,30+/m1/s1. The molecule has 0 radical (unpaired) electrons. The van der Waals surface area contributed by atoms with E-state index in [2.05, 4.69) is 0 Å². The number of nitrogens with zero attached hydrogens (tertiary/aromatic N) is 4. The number of amides is 2. The predicted octanol–water partition coefficient (Wildman–Crippen LogP) is 4.40. The van der Waals surface area contributed by atoms with Gasteiger partial charge in [-0.15, -0.1) is 23.2 Å². The molecule has 3 aliphatic rings. The molecule has 4 aromatic rings. The minimum absolute atomic E-state index is 0.0581. The summed E-state index contributed by atoms with van der Waals surface area (Å²) in [6.45, 7) is -0.235. The highest BCUT2D eigenvalue weighted by Crippen LogP contribution is 2.64. The molecule has 2 aliphatic heterocycles. The fourth-order valence-corrected chi connectivity index (χ4v) is 7.62. The van der Waals surface area contributed by atoms with E-state index in [1.54, 1.807) is 18.2 Å². The van der Waals surface area contributed by atoms with Gasteiger partial charge in [0.2, 0.25) is 5.82 Å². The van der Waals surface area contributed by atoms with Crippen molar-refractivity contribution >= 4 is 40.7 Å². The SMILES string of the molecule is O=C1N(c2c(F)c(F)c(F)c(F)c2F)C(=O)[C@@]2(Cl)[C@@H](c3cccc(O)c3)C3=CCn4c(=O)n(-c5ccccc5)c(=O)n4[C@@H]3C[C@@]12Cl. The highest BCUT2D eigenvalue weighted by Gasteiger charge is 2.76. The third kappa shape index (κ3) is 3.62. The lowest BCUT2D eigenvalue weighted by Gasteiger charge is -2.49. The van der Waals surface area contributed by atoms with Crippen molar-refractivity contribution in [2.45, 2.75) is 34.7 Å². The molecule has 0 unspecified atom stereocenters. The van der Waals surface area contributed by atoms with Crippen LogP contribution in [0.3, 0.4) is 0 Å². The number of hydrogen-bond donors (Lipinski definition) is 1. The van der Waals surface area contributed by atoms with Crippen molar-refractivity contribution in [3.8, 4) is 11.4 Å². The first kappa shape index (κ1) is 30.0. The number of anilines is 1. The Hall–Kier alpha value is -4.69. The quantitative estimate of drug-likeness (QED) is 0.0864. The van der Waals surface area contributed by atoms with Crippen LogP contribution in [0.1, 0.15) is 23.9 Å². The highest BCUT2D eigenvalue weighted by molar-refractivity contribution is 6.58. The van der Waals surface area contributed by atoms with Gasteiger partial charge in [-0.25, -0.2) is 50.4 Å². The summed E-state index contributed by atoms with van der Waals surface area (Å²) in [5.41, 5.74) is -3.06. The molecule has 2 fully saturated rings. The van der Waals surface area contributed by atoms with Crippen LogP contribution in [0.15, 0.2) is 75.8 Å². The fourth-order valence-electron chi connectivity index (χ4n) is 6.71. The number of imide groups is 1. The normalized spacial score (nSPS) is 25.3. The second-order valence-electron chi connectivity index (χ2n) is 11.0. The molecule has 1 aliphatic carbocycles. The number of aromatic hydroxyl groups is 1. The van der Waals surface area contributed by atoms with E-state index in [4.69, 9.17) is 23.2 Å². The zero-order valence-corrected chi connectivity index (χ0v) is 24.4. The topological polar surface area (TPSA) is 107 Å². The van der Waals surface area contributed by atoms with Gasteiger partial charge in [0.25, 0.3) is 11.8 Å². The Kier molecular flexibility index (Phi) is 6.46. The minimum atomic E-state index is -2.70. The van der Waals surface area contributed by atoms with Crippen LogP contribution in [-0.4, -0.2) is 40.6 Å². The molecule has 1 saturated carbocycles. The molecule has 2 amide bonds. The molecule has 0 spiro atoms. The summed E-state index contributed by atoms with van der Waals surface area (Å²) in [5, 5.41) is 10.3. The van der Waals surface area contributed by atoms with Gasteiger partial charge >= 0.3 is 11.4 Å². The summed E-state index contributed by atoms with van der Waals surface area (Å²) in [5.74, 6) is -17.4. The van der Waals surface area contributed by atoms with Crippen LogP contribution in [0.5, 0.6) is 5.75 Å². The van der Waals surface area contributed by atoms with E-state index in [0.717, 1.165) is 13.9 Å². The van der Waals surface area contributed by atoms with Crippen molar-refractivity contribution in [3.63, 3.8) is 0 Å². The number of allylic oxidation sites excluding steroid dienone is 2. The first-order valence-electron chi connectivity index (χ1n) is 13.5. The van der Waals surface area contributed by atoms with Gasteiger partial charge in [-0.05, 0) is 35.4 Å². The molecule has 3 aromatic carbocycles. The largest absolute Gasteiger partial charge is 0.508 e. The Balaban J connectivity index is 1.49. The van der Waals surface area contributed by atoms with Gasteiger partial charge in [-0.1, -0.05) is 36.4 Å². The fraction of sp³-hybridized carbons (Fsp3) is 0.200. The van der Waals surface area contributed by atoms with Crippen LogP contribution in [0, 0.1) is 29.1 Å². The lowest BCUT2D eigenvalue weighted by molar-refractivity contribution is -0.122. The lowest BCUT2D eigenvalue weighted by atomic mass is 9.64. The molecule has 46 heavy (non-hydrogen) atoms. The zero-order chi connectivity index (χ0) is 33.0. The molecule has 236 valence electrons. The number of carbonyl (C=O) groups is 2. The van der Waals surface area contributed by atoms with Gasteiger partial charge in [-0.2, -0.15) is 0 Å². The van der Waals surface area contributed by atoms with E-state index in [1.165, 1.54) is 42.5 Å². The number of phenols is 1. The van der Waals surface area contributed by atoms with Gasteiger partial charge in [0, 0.05) is 12.3 Å². The monoisotopic (exact) mass is 678 g/mol. The molecular weight excluding hydrogens is 662 g/mol. The Morgan fingerprint density at radius 2 is 1.41 bits per heavy atom. The maximum atomic E-state index is 15.1. The predicted molar refractivity (Wildman–Crippen MR) is 153 cm³/mol. The van der Waals surface area contributed by atoms with Crippen LogP contribution in [0.2, 0.25) is 0 Å². The van der Waals surface area contributed by atoms with E-state index in [0.29, 0.717) is 0 Å². The molecule has 1 saturated heterocycles. The average molecular weight is 679 g/mol. The summed E-state index contributed by atoms with van der Waals surface area (Å²) in [6.07, 6.45) is 0.739. The van der Waals surface area contributed by atoms with E-state index < -0.39 is 86.1 Å². The Labute approximate surface area is 263 Å². The number of benzene rings is 3. The van der Waals surface area contributed by atoms with Crippen molar-refractivity contribution in [1.82, 2.24) is 13.9 Å². The van der Waals surface area contributed by atoms with Crippen molar-refractivity contribution < 1.29 is 36.6 Å². The van der Waals surface area contributed by atoms with Gasteiger partial charge in [0.15, 0.2) is 33.0 Å². The van der Waals surface area contributed by atoms with Crippen LogP contribution >= 0.6 is 23.2 Å². The minimum Gasteiger partial charge on any atom is -0.508 e. The molecule has 0 bridgehead atoms. The number of hydrogen-bond acceptors (Lipinski definition) is 5. The summed E-state index contributed by atoms with van der Waals surface area (Å²) >= 11 is 14.0. The molecule has 1 N–H and O–H groups in total. The van der Waals surface area contributed by atoms with Gasteiger partial charge < -0.3 is 5.11 Å². The maximum absolute atomic E-state index is 15.1. The van der Waals surface area contributed by atoms with E-state index in [-0.39, 0.29) is 34.0 Å². The maximum Gasteiger partial charge on any atom is 0.352 e. The number of phenolic OH excluding ortho intramolecular Hbond substituents is 1. The van der Waals surface area contributed by atoms with Crippen molar-refractivity contribution in [2.24, 2.45) is 0 Å². The Morgan fingerprint density at radius 3 is 2.04 bits per heavy atom. The number of rotatable bonds is 3. The summed E-state index contributed by atoms with van der Waals surface area (Å²) in [4.78, 5) is 49.9. The third-order valence-electron chi connectivity index (χ3n) is 8.71. The number of carbonyl (C=O) groups excluding carboxylic acids is 2.